The first-order valence-electron chi connectivity index (χ1n) is 9.90. The van der Waals surface area contributed by atoms with Gasteiger partial charge in [0.2, 0.25) is 0 Å². The summed E-state index contributed by atoms with van der Waals surface area (Å²) in [6.45, 7) is 0. The minimum absolute atomic E-state index is 0.0852. The fourth-order valence-electron chi connectivity index (χ4n) is 3.60. The highest BCUT2D eigenvalue weighted by molar-refractivity contribution is 6.22. The molecule has 0 fully saturated rings. The van der Waals surface area contributed by atoms with Gasteiger partial charge in [-0.15, -0.1) is 0 Å². The highest BCUT2D eigenvalue weighted by Gasteiger charge is 2.43. The van der Waals surface area contributed by atoms with E-state index in [0.29, 0.717) is 0 Å². The molecule has 0 bridgehead atoms. The molecule has 0 saturated carbocycles. The van der Waals surface area contributed by atoms with Crippen molar-refractivity contribution in [1.82, 2.24) is 4.90 Å². The summed E-state index contributed by atoms with van der Waals surface area (Å²) in [7, 11) is 1.25. The lowest BCUT2D eigenvalue weighted by Gasteiger charge is -2.24. The van der Waals surface area contributed by atoms with Gasteiger partial charge in [-0.3, -0.25) is 14.5 Å². The molecular formula is C25H19NO6. The summed E-state index contributed by atoms with van der Waals surface area (Å²) < 4.78 is 10.2. The molecule has 1 aliphatic rings. The Bertz CT molecular complexity index is 1170. The Morgan fingerprint density at radius 2 is 1.47 bits per heavy atom. The van der Waals surface area contributed by atoms with Crippen LogP contribution < -0.4 is 4.74 Å². The van der Waals surface area contributed by atoms with Gasteiger partial charge in [0.05, 0.1) is 23.8 Å². The lowest BCUT2D eigenvalue weighted by molar-refractivity contribution is -0.138. The molecule has 0 spiro atoms. The minimum Gasteiger partial charge on any atom is -0.465 e. The molecule has 2 amide bonds. The van der Waals surface area contributed by atoms with Gasteiger partial charge in [-0.25, -0.2) is 9.59 Å². The molecule has 160 valence electrons. The average Bonchev–Trinajstić information content (AvgIpc) is 3.08. The molecule has 0 aromatic heterocycles. The van der Waals surface area contributed by atoms with Gasteiger partial charge >= 0.3 is 11.9 Å². The highest BCUT2D eigenvalue weighted by Crippen LogP contribution is 2.27. The zero-order chi connectivity index (χ0) is 22.7. The monoisotopic (exact) mass is 429 g/mol. The number of hydrogen-bond acceptors (Lipinski definition) is 6. The first-order chi connectivity index (χ1) is 15.5. The lowest BCUT2D eigenvalue weighted by atomic mass is 10.0. The number of nitrogens with zero attached hydrogens (tertiary/aromatic N) is 1. The maximum Gasteiger partial charge on any atom is 0.337 e. The number of ether oxygens (including phenoxy) is 2. The van der Waals surface area contributed by atoms with E-state index in [4.69, 9.17) is 9.47 Å². The summed E-state index contributed by atoms with van der Waals surface area (Å²) in [6.07, 6.45) is 0.0852. The van der Waals surface area contributed by atoms with E-state index in [0.717, 1.165) is 10.5 Å². The summed E-state index contributed by atoms with van der Waals surface area (Å²) in [5, 5.41) is 0. The SMILES string of the molecule is COC(=O)c1cccc(OC(=O)C(Cc2ccccc2)N2C(=O)c3ccccc3C2=O)c1. The summed E-state index contributed by atoms with van der Waals surface area (Å²) >= 11 is 0. The number of fused-ring (bicyclic) bond motifs is 1. The molecular weight excluding hydrogens is 410 g/mol. The van der Waals surface area contributed by atoms with Crippen LogP contribution >= 0.6 is 0 Å². The maximum atomic E-state index is 13.2. The van der Waals surface area contributed by atoms with E-state index >= 15 is 0 Å². The van der Waals surface area contributed by atoms with Crippen molar-refractivity contribution in [3.63, 3.8) is 0 Å². The van der Waals surface area contributed by atoms with E-state index in [2.05, 4.69) is 0 Å². The van der Waals surface area contributed by atoms with Gasteiger partial charge in [0.1, 0.15) is 11.8 Å². The lowest BCUT2D eigenvalue weighted by Crippen LogP contribution is -2.48. The van der Waals surface area contributed by atoms with Crippen LogP contribution in [0.2, 0.25) is 0 Å². The molecule has 1 heterocycles. The Hall–Kier alpha value is -4.26. The average molecular weight is 429 g/mol. The number of rotatable bonds is 6. The van der Waals surface area contributed by atoms with Crippen molar-refractivity contribution in [2.24, 2.45) is 0 Å². The third kappa shape index (κ3) is 4.00. The van der Waals surface area contributed by atoms with Gasteiger partial charge in [0, 0.05) is 6.42 Å². The molecule has 1 aliphatic heterocycles. The zero-order valence-electron chi connectivity index (χ0n) is 17.2. The van der Waals surface area contributed by atoms with Crippen LogP contribution in [0.1, 0.15) is 36.6 Å². The first-order valence-corrected chi connectivity index (χ1v) is 9.90. The van der Waals surface area contributed by atoms with Crippen molar-refractivity contribution in [2.75, 3.05) is 7.11 Å². The normalized spacial score (nSPS) is 13.5. The molecule has 7 heteroatoms. The molecule has 1 atom stereocenters. The van der Waals surface area contributed by atoms with E-state index in [1.165, 1.54) is 25.3 Å². The molecule has 3 aromatic carbocycles. The van der Waals surface area contributed by atoms with Gasteiger partial charge in [0.15, 0.2) is 0 Å². The molecule has 0 aliphatic carbocycles. The Labute approximate surface area is 184 Å². The molecule has 7 nitrogen and oxygen atoms in total. The smallest absolute Gasteiger partial charge is 0.337 e. The van der Waals surface area contributed by atoms with Crippen LogP contribution in [-0.4, -0.2) is 41.8 Å². The van der Waals surface area contributed by atoms with Crippen LogP contribution in [0.15, 0.2) is 78.9 Å². The van der Waals surface area contributed by atoms with Gasteiger partial charge < -0.3 is 9.47 Å². The molecule has 4 rings (SSSR count). The number of hydrogen-bond donors (Lipinski definition) is 0. The number of methoxy groups -OCH3 is 1. The Balaban J connectivity index is 1.66. The third-order valence-corrected chi connectivity index (χ3v) is 5.15. The maximum absolute atomic E-state index is 13.2. The number of benzene rings is 3. The third-order valence-electron chi connectivity index (χ3n) is 5.15. The number of amides is 2. The van der Waals surface area contributed by atoms with Crippen LogP contribution in [0.3, 0.4) is 0 Å². The van der Waals surface area contributed by atoms with E-state index in [-0.39, 0.29) is 28.9 Å². The zero-order valence-corrected chi connectivity index (χ0v) is 17.2. The number of carbonyl (C=O) groups excluding carboxylic acids is 4. The second-order valence-electron chi connectivity index (χ2n) is 7.17. The molecule has 3 aromatic rings. The van der Waals surface area contributed by atoms with Crippen LogP contribution in [0.4, 0.5) is 0 Å². The standard InChI is InChI=1S/C25H19NO6/c1-31-24(29)17-10-7-11-18(15-17)32-25(30)21(14-16-8-3-2-4-9-16)26-22(27)19-12-5-6-13-20(19)23(26)28/h2-13,15,21H,14H2,1H3. The fourth-order valence-corrected chi connectivity index (χ4v) is 3.60. The largest absolute Gasteiger partial charge is 0.465 e. The Kier molecular flexibility index (Phi) is 5.81. The molecule has 1 unspecified atom stereocenters. The highest BCUT2D eigenvalue weighted by atomic mass is 16.5. The number of imide groups is 1. The van der Waals surface area contributed by atoms with Crippen molar-refractivity contribution in [3.05, 3.63) is 101 Å². The van der Waals surface area contributed by atoms with E-state index in [1.54, 1.807) is 54.6 Å². The Morgan fingerprint density at radius 1 is 0.844 bits per heavy atom. The topological polar surface area (TPSA) is 90.0 Å². The summed E-state index contributed by atoms with van der Waals surface area (Å²) in [6, 6.07) is 20.2. The number of carbonyl (C=O) groups is 4. The van der Waals surface area contributed by atoms with Gasteiger partial charge in [-0.1, -0.05) is 48.5 Å². The minimum atomic E-state index is -1.19. The predicted molar refractivity (Wildman–Crippen MR) is 114 cm³/mol. The van der Waals surface area contributed by atoms with Crippen molar-refractivity contribution >= 4 is 23.8 Å². The molecule has 0 saturated heterocycles. The van der Waals surface area contributed by atoms with Crippen molar-refractivity contribution in [3.8, 4) is 5.75 Å². The van der Waals surface area contributed by atoms with Crippen molar-refractivity contribution in [1.29, 1.82) is 0 Å². The quantitative estimate of drug-likeness (QED) is 0.339. The second-order valence-corrected chi connectivity index (χ2v) is 7.17. The summed E-state index contributed by atoms with van der Waals surface area (Å²) in [4.78, 5) is 52.0. The van der Waals surface area contributed by atoms with Crippen LogP contribution in [0.25, 0.3) is 0 Å². The van der Waals surface area contributed by atoms with Gasteiger partial charge in [-0.2, -0.15) is 0 Å². The van der Waals surface area contributed by atoms with E-state index in [1.807, 2.05) is 6.07 Å². The van der Waals surface area contributed by atoms with Crippen molar-refractivity contribution in [2.45, 2.75) is 12.5 Å². The van der Waals surface area contributed by atoms with Gasteiger partial charge in [0.25, 0.3) is 11.8 Å². The molecule has 0 N–H and O–H groups in total. The number of esters is 2. The molecule has 0 radical (unpaired) electrons. The van der Waals surface area contributed by atoms with Crippen LogP contribution in [0, 0.1) is 0 Å². The predicted octanol–water partition coefficient (Wildman–Crippen LogP) is 3.29. The van der Waals surface area contributed by atoms with E-state index < -0.39 is 29.8 Å². The fraction of sp³-hybridized carbons (Fsp3) is 0.120. The second kappa shape index (κ2) is 8.85. The van der Waals surface area contributed by atoms with E-state index in [9.17, 15) is 19.2 Å². The van der Waals surface area contributed by atoms with Crippen LogP contribution in [-0.2, 0) is 16.0 Å². The summed E-state index contributed by atoms with van der Waals surface area (Å²) in [5.74, 6) is -2.36. The van der Waals surface area contributed by atoms with Crippen LogP contribution in [0.5, 0.6) is 5.75 Å². The Morgan fingerprint density at radius 3 is 2.09 bits per heavy atom. The van der Waals surface area contributed by atoms with Crippen molar-refractivity contribution < 1.29 is 28.7 Å². The first kappa shape index (κ1) is 21.0. The molecule has 32 heavy (non-hydrogen) atoms. The summed E-state index contributed by atoms with van der Waals surface area (Å²) in [5.41, 5.74) is 1.46. The van der Waals surface area contributed by atoms with Gasteiger partial charge in [-0.05, 0) is 35.9 Å².